The third kappa shape index (κ3) is 4.36. The molecule has 2 saturated heterocycles. The van der Waals surface area contributed by atoms with Crippen LogP contribution in [0.2, 0.25) is 0 Å². The van der Waals surface area contributed by atoms with Crippen LogP contribution in [-0.2, 0) is 29.5 Å². The molecule has 0 saturated carbocycles. The number of carbonyl (C=O) groups is 3. The number of amides is 2. The van der Waals surface area contributed by atoms with E-state index in [-0.39, 0.29) is 24.2 Å². The standard InChI is InChI=1S/C30H43N3O7/c1-9-19-16-32-14-13-29(37)25-22(11-10-12-23(25)39-7)33(18(2)34)30(29,27(36)31-28(3,4)5)24(32)15-20(19)21(17-38-6)26(35)40-8/h10-12,17,19-20,24,37H,9,13-16H2,1-8H3,(H,31,36)/b21-17+/t19-,20+,24?,29+,30?/m1/s1. The molecule has 3 aliphatic rings. The van der Waals surface area contributed by atoms with Crippen molar-refractivity contribution in [1.29, 1.82) is 0 Å². The highest BCUT2D eigenvalue weighted by Gasteiger charge is 2.74. The summed E-state index contributed by atoms with van der Waals surface area (Å²) < 4.78 is 16.1. The van der Waals surface area contributed by atoms with E-state index in [1.807, 2.05) is 20.8 Å². The number of nitrogens with one attached hydrogen (secondary N) is 1. The van der Waals surface area contributed by atoms with Crippen LogP contribution in [0.4, 0.5) is 5.69 Å². The average molecular weight is 558 g/mol. The van der Waals surface area contributed by atoms with Crippen LogP contribution < -0.4 is 15.0 Å². The van der Waals surface area contributed by atoms with Crippen LogP contribution in [0.5, 0.6) is 5.75 Å². The molecule has 0 radical (unpaired) electrons. The van der Waals surface area contributed by atoms with Crippen molar-refractivity contribution in [2.75, 3.05) is 39.3 Å². The molecule has 1 aromatic carbocycles. The molecule has 0 bridgehead atoms. The summed E-state index contributed by atoms with van der Waals surface area (Å²) in [6, 6.07) is 4.63. The Kier molecular flexibility index (Phi) is 7.99. The van der Waals surface area contributed by atoms with Gasteiger partial charge in [0.05, 0.1) is 44.4 Å². The average Bonchev–Trinajstić information content (AvgIpc) is 3.16. The lowest BCUT2D eigenvalue weighted by molar-refractivity contribution is -0.168. The monoisotopic (exact) mass is 557 g/mol. The fourth-order valence-corrected chi connectivity index (χ4v) is 7.34. The first-order valence-electron chi connectivity index (χ1n) is 13.9. The molecule has 5 atom stereocenters. The van der Waals surface area contributed by atoms with E-state index in [4.69, 9.17) is 14.2 Å². The first kappa shape index (κ1) is 29.9. The Hall–Kier alpha value is -3.11. The summed E-state index contributed by atoms with van der Waals surface area (Å²) in [5.41, 5.74) is -2.87. The van der Waals surface area contributed by atoms with Crippen molar-refractivity contribution >= 4 is 23.5 Å². The number of carbonyl (C=O) groups excluding carboxylic acids is 3. The van der Waals surface area contributed by atoms with Gasteiger partial charge in [0.15, 0.2) is 5.54 Å². The Bertz CT molecular complexity index is 1210. The number of nitrogens with zero attached hydrogens (tertiary/aromatic N) is 2. The lowest BCUT2D eigenvalue weighted by Gasteiger charge is -2.60. The number of aliphatic hydroxyl groups is 1. The number of benzene rings is 1. The van der Waals surface area contributed by atoms with E-state index < -0.39 is 34.6 Å². The van der Waals surface area contributed by atoms with Crippen molar-refractivity contribution in [3.05, 3.63) is 35.6 Å². The fraction of sp³-hybridized carbons (Fsp3) is 0.633. The lowest BCUT2D eigenvalue weighted by atomic mass is 9.61. The normalized spacial score (nSPS) is 30.1. The van der Waals surface area contributed by atoms with Gasteiger partial charge in [-0.15, -0.1) is 0 Å². The molecule has 2 fully saturated rings. The van der Waals surface area contributed by atoms with Gasteiger partial charge in [-0.1, -0.05) is 19.4 Å². The SMILES string of the molecule is CC[C@@H]1CN2CC[C@]3(O)c4c(OC)cccc4N(C(C)=O)C3(C(=O)NC(C)(C)C)C2C[C@@H]1/C(=C\OC)C(=O)OC. The number of esters is 1. The number of anilines is 1. The van der Waals surface area contributed by atoms with Crippen molar-refractivity contribution in [2.45, 2.75) is 76.6 Å². The molecular formula is C30H43N3O7. The van der Waals surface area contributed by atoms with Gasteiger partial charge in [0.25, 0.3) is 5.91 Å². The van der Waals surface area contributed by atoms with Crippen LogP contribution in [-0.4, -0.2) is 79.3 Å². The largest absolute Gasteiger partial charge is 0.504 e. The Balaban J connectivity index is 2.01. The predicted molar refractivity (Wildman–Crippen MR) is 150 cm³/mol. The van der Waals surface area contributed by atoms with E-state index in [1.54, 1.807) is 18.2 Å². The third-order valence-corrected chi connectivity index (χ3v) is 8.80. The molecule has 10 heteroatoms. The first-order valence-corrected chi connectivity index (χ1v) is 13.9. The van der Waals surface area contributed by atoms with Crippen LogP contribution in [0.25, 0.3) is 0 Å². The minimum Gasteiger partial charge on any atom is -0.504 e. The number of piperidine rings is 2. The Morgan fingerprint density at radius 2 is 1.90 bits per heavy atom. The molecule has 40 heavy (non-hydrogen) atoms. The molecule has 3 aliphatic heterocycles. The van der Waals surface area contributed by atoms with Crippen molar-refractivity contribution in [3.8, 4) is 5.75 Å². The van der Waals surface area contributed by atoms with Crippen LogP contribution in [0.3, 0.4) is 0 Å². The summed E-state index contributed by atoms with van der Waals surface area (Å²) in [6.07, 6.45) is 2.74. The topological polar surface area (TPSA) is 118 Å². The molecule has 0 aromatic heterocycles. The van der Waals surface area contributed by atoms with E-state index in [1.165, 1.54) is 39.4 Å². The van der Waals surface area contributed by atoms with Gasteiger partial charge in [-0.2, -0.15) is 0 Å². The quantitative estimate of drug-likeness (QED) is 0.312. The van der Waals surface area contributed by atoms with Gasteiger partial charge in [0.2, 0.25) is 5.91 Å². The predicted octanol–water partition coefficient (Wildman–Crippen LogP) is 2.73. The maximum absolute atomic E-state index is 14.7. The molecule has 2 amide bonds. The third-order valence-electron chi connectivity index (χ3n) is 8.80. The highest BCUT2D eigenvalue weighted by Crippen LogP contribution is 2.61. The maximum Gasteiger partial charge on any atom is 0.337 e. The molecule has 10 nitrogen and oxygen atoms in total. The van der Waals surface area contributed by atoms with Crippen LogP contribution >= 0.6 is 0 Å². The Morgan fingerprint density at radius 1 is 1.20 bits per heavy atom. The number of ether oxygens (including phenoxy) is 3. The minimum absolute atomic E-state index is 0.0646. The van der Waals surface area contributed by atoms with Crippen LogP contribution in [0.15, 0.2) is 30.0 Å². The van der Waals surface area contributed by atoms with Gasteiger partial charge in [0, 0.05) is 31.6 Å². The number of fused-ring (bicyclic) bond motifs is 5. The number of hydrogen-bond donors (Lipinski definition) is 2. The summed E-state index contributed by atoms with van der Waals surface area (Å²) in [5, 5.41) is 16.0. The van der Waals surface area contributed by atoms with Crippen LogP contribution in [0, 0.1) is 11.8 Å². The van der Waals surface area contributed by atoms with Gasteiger partial charge in [0.1, 0.15) is 11.4 Å². The summed E-state index contributed by atoms with van der Waals surface area (Å²) in [5.74, 6) is -1.17. The molecule has 1 aromatic rings. The Morgan fingerprint density at radius 3 is 2.45 bits per heavy atom. The summed E-state index contributed by atoms with van der Waals surface area (Å²) in [7, 11) is 4.33. The summed E-state index contributed by atoms with van der Waals surface area (Å²) >= 11 is 0. The molecule has 220 valence electrons. The van der Waals surface area contributed by atoms with Crippen molar-refractivity contribution in [3.63, 3.8) is 0 Å². The van der Waals surface area contributed by atoms with E-state index in [9.17, 15) is 19.5 Å². The number of methoxy groups -OCH3 is 3. The lowest BCUT2D eigenvalue weighted by Crippen LogP contribution is -2.80. The van der Waals surface area contributed by atoms with Gasteiger partial charge >= 0.3 is 5.97 Å². The molecule has 2 unspecified atom stereocenters. The molecule has 0 aliphatic carbocycles. The van der Waals surface area contributed by atoms with Gasteiger partial charge in [-0.3, -0.25) is 19.4 Å². The van der Waals surface area contributed by atoms with Crippen molar-refractivity contribution in [1.82, 2.24) is 10.2 Å². The second kappa shape index (κ2) is 10.7. The smallest absolute Gasteiger partial charge is 0.337 e. The van der Waals surface area contributed by atoms with E-state index in [2.05, 4.69) is 17.1 Å². The van der Waals surface area contributed by atoms with Gasteiger partial charge in [-0.25, -0.2) is 4.79 Å². The Labute approximate surface area is 236 Å². The van der Waals surface area contributed by atoms with E-state index >= 15 is 0 Å². The van der Waals surface area contributed by atoms with Crippen molar-refractivity contribution in [2.24, 2.45) is 11.8 Å². The number of rotatable bonds is 6. The summed E-state index contributed by atoms with van der Waals surface area (Å²) in [4.78, 5) is 45.0. The second-order valence-corrected chi connectivity index (χ2v) is 12.1. The second-order valence-electron chi connectivity index (χ2n) is 12.1. The zero-order chi connectivity index (χ0) is 29.6. The van der Waals surface area contributed by atoms with Crippen LogP contribution in [0.1, 0.15) is 59.4 Å². The maximum atomic E-state index is 14.7. The van der Waals surface area contributed by atoms with Gasteiger partial charge in [-0.05, 0) is 57.6 Å². The zero-order valence-corrected chi connectivity index (χ0v) is 24.9. The molecular weight excluding hydrogens is 514 g/mol. The fourth-order valence-electron chi connectivity index (χ4n) is 7.34. The van der Waals surface area contributed by atoms with Crippen molar-refractivity contribution < 1.29 is 33.7 Å². The van der Waals surface area contributed by atoms with E-state index in [0.717, 1.165) is 6.42 Å². The highest BCUT2D eigenvalue weighted by molar-refractivity contribution is 6.08. The molecule has 0 spiro atoms. The minimum atomic E-state index is -1.75. The molecule has 3 heterocycles. The van der Waals surface area contributed by atoms with E-state index in [0.29, 0.717) is 42.1 Å². The molecule has 4 rings (SSSR count). The first-order chi connectivity index (χ1) is 18.8. The zero-order valence-electron chi connectivity index (χ0n) is 24.9. The molecule has 2 N–H and O–H groups in total. The highest BCUT2D eigenvalue weighted by atomic mass is 16.5. The number of hydrogen-bond acceptors (Lipinski definition) is 8. The summed E-state index contributed by atoms with van der Waals surface area (Å²) in [6.45, 7) is 10.2. The van der Waals surface area contributed by atoms with Gasteiger partial charge < -0.3 is 24.6 Å².